The van der Waals surface area contributed by atoms with Gasteiger partial charge in [0.05, 0.1) is 25.5 Å². The molecule has 8 nitrogen and oxygen atoms in total. The molecule has 1 fully saturated rings. The van der Waals surface area contributed by atoms with Gasteiger partial charge in [-0.25, -0.2) is 9.67 Å². The van der Waals surface area contributed by atoms with E-state index < -0.39 is 0 Å². The van der Waals surface area contributed by atoms with Crippen molar-refractivity contribution in [3.8, 4) is 11.8 Å². The maximum absolute atomic E-state index is 12.7. The minimum absolute atomic E-state index is 0.0570. The highest BCUT2D eigenvalue weighted by molar-refractivity contribution is 5.96. The van der Waals surface area contributed by atoms with E-state index in [0.717, 1.165) is 19.4 Å². The van der Waals surface area contributed by atoms with Gasteiger partial charge in [0.25, 0.3) is 5.91 Å². The number of hydrogen-bond donors (Lipinski definition) is 0. The lowest BCUT2D eigenvalue weighted by molar-refractivity contribution is 0.0764. The van der Waals surface area contributed by atoms with Crippen molar-refractivity contribution in [3.05, 3.63) is 30.4 Å². The fraction of sp³-hybridized carbons (Fsp3) is 0.467. The molecule has 2 aliphatic heterocycles. The molecule has 1 unspecified atom stereocenters. The summed E-state index contributed by atoms with van der Waals surface area (Å²) in [5, 5.41) is 4.23. The third-order valence-electron chi connectivity index (χ3n) is 4.03. The molecule has 0 bridgehead atoms. The van der Waals surface area contributed by atoms with Gasteiger partial charge in [0.2, 0.25) is 11.8 Å². The molecule has 2 aromatic heterocycles. The molecule has 0 N–H and O–H groups in total. The number of aromatic nitrogens is 4. The van der Waals surface area contributed by atoms with Gasteiger partial charge in [0.15, 0.2) is 0 Å². The van der Waals surface area contributed by atoms with Crippen LogP contribution in [-0.4, -0.2) is 56.4 Å². The molecule has 0 aliphatic carbocycles. The Labute approximate surface area is 133 Å². The van der Waals surface area contributed by atoms with Gasteiger partial charge in [-0.15, -0.1) is 0 Å². The average Bonchev–Trinajstić information content (AvgIpc) is 3.22. The van der Waals surface area contributed by atoms with Crippen LogP contribution in [0.1, 0.15) is 23.2 Å². The number of ether oxygens (including phenoxy) is 2. The predicted molar refractivity (Wildman–Crippen MR) is 79.3 cm³/mol. The Hall–Kier alpha value is -2.64. The highest BCUT2D eigenvalue weighted by Crippen LogP contribution is 2.25. The number of nitrogens with zero attached hydrogens (tertiary/aromatic N) is 5. The third-order valence-corrected chi connectivity index (χ3v) is 4.03. The molecule has 0 spiro atoms. The predicted octanol–water partition coefficient (Wildman–Crippen LogP) is 0.749. The lowest BCUT2D eigenvalue weighted by Gasteiger charge is -2.19. The Balaban J connectivity index is 1.43. The quantitative estimate of drug-likeness (QED) is 0.831. The molecule has 2 aliphatic rings. The van der Waals surface area contributed by atoms with Gasteiger partial charge >= 0.3 is 0 Å². The van der Waals surface area contributed by atoms with Gasteiger partial charge in [-0.3, -0.25) is 9.78 Å². The Kier molecular flexibility index (Phi) is 3.57. The van der Waals surface area contributed by atoms with Gasteiger partial charge < -0.3 is 14.4 Å². The maximum atomic E-state index is 12.7. The second kappa shape index (κ2) is 5.86. The van der Waals surface area contributed by atoms with Gasteiger partial charge in [-0.1, -0.05) is 0 Å². The Morgan fingerprint density at radius 3 is 3.13 bits per heavy atom. The summed E-state index contributed by atoms with van der Waals surface area (Å²) in [4.78, 5) is 22.5. The molecular weight excluding hydrogens is 298 g/mol. The van der Waals surface area contributed by atoms with E-state index in [9.17, 15) is 4.79 Å². The molecule has 0 saturated carbocycles. The van der Waals surface area contributed by atoms with Crippen molar-refractivity contribution in [2.45, 2.75) is 25.5 Å². The van der Waals surface area contributed by atoms with Crippen LogP contribution in [0.25, 0.3) is 0 Å². The van der Waals surface area contributed by atoms with E-state index in [0.29, 0.717) is 37.0 Å². The Morgan fingerprint density at radius 2 is 2.26 bits per heavy atom. The normalized spacial score (nSPS) is 20.0. The largest absolute Gasteiger partial charge is 0.477 e. The SMILES string of the molecule is O=C(c1cnn2c1OCCC2)N1CCC(Oc2cnccn2)C1. The van der Waals surface area contributed by atoms with E-state index >= 15 is 0 Å². The third kappa shape index (κ3) is 2.71. The minimum Gasteiger partial charge on any atom is -0.477 e. The van der Waals surface area contributed by atoms with Crippen molar-refractivity contribution >= 4 is 5.91 Å². The highest BCUT2D eigenvalue weighted by Gasteiger charge is 2.32. The molecule has 2 aromatic rings. The number of amides is 1. The monoisotopic (exact) mass is 315 g/mol. The fourth-order valence-electron chi connectivity index (χ4n) is 2.91. The molecule has 8 heteroatoms. The molecule has 1 atom stereocenters. The van der Waals surface area contributed by atoms with Crippen LogP contribution in [0.15, 0.2) is 24.8 Å². The van der Waals surface area contributed by atoms with E-state index in [-0.39, 0.29) is 12.0 Å². The second-order valence-electron chi connectivity index (χ2n) is 5.61. The Morgan fingerprint density at radius 1 is 1.30 bits per heavy atom. The first-order valence-electron chi connectivity index (χ1n) is 7.72. The van der Waals surface area contributed by atoms with E-state index in [2.05, 4.69) is 15.1 Å². The summed E-state index contributed by atoms with van der Waals surface area (Å²) in [6.07, 6.45) is 7.98. The van der Waals surface area contributed by atoms with E-state index in [1.54, 1.807) is 34.4 Å². The molecule has 1 saturated heterocycles. The number of carbonyl (C=O) groups excluding carboxylic acids is 1. The number of fused-ring (bicyclic) bond motifs is 1. The zero-order valence-electron chi connectivity index (χ0n) is 12.6. The Bertz CT molecular complexity index is 702. The van der Waals surface area contributed by atoms with Crippen LogP contribution in [0.4, 0.5) is 0 Å². The first-order chi connectivity index (χ1) is 11.3. The lowest BCUT2D eigenvalue weighted by atomic mass is 10.3. The van der Waals surface area contributed by atoms with Crippen molar-refractivity contribution in [2.75, 3.05) is 19.7 Å². The van der Waals surface area contributed by atoms with Crippen molar-refractivity contribution in [3.63, 3.8) is 0 Å². The van der Waals surface area contributed by atoms with Crippen LogP contribution in [0.3, 0.4) is 0 Å². The smallest absolute Gasteiger partial charge is 0.261 e. The number of rotatable bonds is 3. The zero-order valence-corrected chi connectivity index (χ0v) is 12.6. The standard InChI is InChI=1S/C15H17N5O3/c21-14(12-8-18-20-5-1-7-22-15(12)20)19-6-2-11(10-19)23-13-9-16-3-4-17-13/h3-4,8-9,11H,1-2,5-7,10H2. The first-order valence-corrected chi connectivity index (χ1v) is 7.72. The summed E-state index contributed by atoms with van der Waals surface area (Å²) < 4.78 is 13.1. The fourth-order valence-corrected chi connectivity index (χ4v) is 2.91. The summed E-state index contributed by atoms with van der Waals surface area (Å²) in [7, 11) is 0. The molecule has 23 heavy (non-hydrogen) atoms. The second-order valence-corrected chi connectivity index (χ2v) is 5.61. The molecule has 120 valence electrons. The number of aryl methyl sites for hydroxylation is 1. The number of carbonyl (C=O) groups is 1. The van der Waals surface area contributed by atoms with Crippen LogP contribution < -0.4 is 9.47 Å². The summed E-state index contributed by atoms with van der Waals surface area (Å²) in [5.74, 6) is 1.01. The van der Waals surface area contributed by atoms with Gasteiger partial charge in [0.1, 0.15) is 11.7 Å². The van der Waals surface area contributed by atoms with E-state index in [4.69, 9.17) is 9.47 Å². The average molecular weight is 315 g/mol. The lowest BCUT2D eigenvalue weighted by Crippen LogP contribution is -2.31. The van der Waals surface area contributed by atoms with Crippen molar-refractivity contribution < 1.29 is 14.3 Å². The van der Waals surface area contributed by atoms with Crippen LogP contribution >= 0.6 is 0 Å². The van der Waals surface area contributed by atoms with Gasteiger partial charge in [0, 0.05) is 38.3 Å². The molecule has 4 rings (SSSR count). The molecule has 0 aromatic carbocycles. The van der Waals surface area contributed by atoms with Gasteiger partial charge in [-0.2, -0.15) is 5.10 Å². The highest BCUT2D eigenvalue weighted by atomic mass is 16.5. The molecule has 4 heterocycles. The summed E-state index contributed by atoms with van der Waals surface area (Å²) in [5.41, 5.74) is 0.532. The van der Waals surface area contributed by atoms with E-state index in [1.807, 2.05) is 0 Å². The van der Waals surface area contributed by atoms with Crippen LogP contribution in [0.2, 0.25) is 0 Å². The maximum Gasteiger partial charge on any atom is 0.261 e. The summed E-state index contributed by atoms with van der Waals surface area (Å²) in [6, 6.07) is 0. The molecule has 1 amide bonds. The van der Waals surface area contributed by atoms with Crippen molar-refractivity contribution in [1.29, 1.82) is 0 Å². The van der Waals surface area contributed by atoms with Crippen LogP contribution in [-0.2, 0) is 6.54 Å². The molecular formula is C15H17N5O3. The van der Waals surface area contributed by atoms with Crippen LogP contribution in [0.5, 0.6) is 11.8 Å². The first kappa shape index (κ1) is 14.0. The zero-order chi connectivity index (χ0) is 15.6. The van der Waals surface area contributed by atoms with Gasteiger partial charge in [-0.05, 0) is 0 Å². The number of likely N-dealkylation sites (tertiary alicyclic amines) is 1. The molecule has 0 radical (unpaired) electrons. The van der Waals surface area contributed by atoms with Crippen molar-refractivity contribution in [2.24, 2.45) is 0 Å². The van der Waals surface area contributed by atoms with E-state index in [1.165, 1.54) is 0 Å². The topological polar surface area (TPSA) is 82.4 Å². The minimum atomic E-state index is -0.0667. The summed E-state index contributed by atoms with van der Waals surface area (Å²) in [6.45, 7) is 2.60. The van der Waals surface area contributed by atoms with Crippen LogP contribution in [0, 0.1) is 0 Å². The number of hydrogen-bond acceptors (Lipinski definition) is 6. The summed E-state index contributed by atoms with van der Waals surface area (Å²) >= 11 is 0. The van der Waals surface area contributed by atoms with Crippen molar-refractivity contribution in [1.82, 2.24) is 24.6 Å².